The topological polar surface area (TPSA) is 18.5 Å². The summed E-state index contributed by atoms with van der Waals surface area (Å²) in [6.45, 7) is 5.65. The third-order valence-corrected chi connectivity index (χ3v) is 17.7. The Balaban J connectivity index is 1.68. The summed E-state index contributed by atoms with van der Waals surface area (Å²) in [6.07, 6.45) is 3.96. The molecule has 0 aromatic heterocycles. The van der Waals surface area contributed by atoms with E-state index >= 15 is 0 Å². The van der Waals surface area contributed by atoms with E-state index in [-0.39, 0.29) is 0 Å². The van der Waals surface area contributed by atoms with E-state index in [1.165, 1.54) is 43.1 Å². The Hall–Kier alpha value is -0.980. The first-order valence-corrected chi connectivity index (χ1v) is 23.4. The summed E-state index contributed by atoms with van der Waals surface area (Å²) in [7, 11) is 0. The largest absolute Gasteiger partial charge is 0.492 e. The summed E-state index contributed by atoms with van der Waals surface area (Å²) >= 11 is 30.9. The zero-order valence-corrected chi connectivity index (χ0v) is 40.4. The van der Waals surface area contributed by atoms with Gasteiger partial charge in [0.1, 0.15) is 11.5 Å². The van der Waals surface area contributed by atoms with Crippen molar-refractivity contribution >= 4 is 214 Å². The molecule has 0 saturated heterocycles. The van der Waals surface area contributed by atoms with Crippen molar-refractivity contribution in [3.8, 4) is 11.5 Å². The van der Waals surface area contributed by atoms with Crippen molar-refractivity contribution in [2.75, 3.05) is 13.2 Å². The molecule has 0 aliphatic carbocycles. The lowest BCUT2D eigenvalue weighted by molar-refractivity contribution is 0.312. The molecule has 0 aliphatic rings. The molecule has 0 saturated carbocycles. The highest BCUT2D eigenvalue weighted by Crippen LogP contribution is 2.60. The van der Waals surface area contributed by atoms with Crippen molar-refractivity contribution in [1.82, 2.24) is 0 Å². The molecule has 0 heterocycles. The van der Waals surface area contributed by atoms with Gasteiger partial charge in [-0.25, -0.2) is 0 Å². The van der Waals surface area contributed by atoms with Gasteiger partial charge in [0.2, 0.25) is 0 Å². The lowest BCUT2D eigenvalue weighted by Crippen LogP contribution is -2.05. The molecule has 262 valence electrons. The third kappa shape index (κ3) is 5.37. The predicted molar refractivity (Wildman–Crippen MR) is 251 cm³/mol. The quantitative estimate of drug-likeness (QED) is 0.112. The molecule has 11 aromatic rings. The molecule has 0 amide bonds. The van der Waals surface area contributed by atoms with Crippen molar-refractivity contribution < 1.29 is 9.47 Å². The number of benzene rings is 11. The lowest BCUT2D eigenvalue weighted by atomic mass is 9.80. The zero-order chi connectivity index (χ0) is 36.3. The van der Waals surface area contributed by atoms with Crippen LogP contribution in [0.25, 0.3) is 86.2 Å². The molecule has 4 bridgehead atoms. The van der Waals surface area contributed by atoms with E-state index < -0.39 is 0 Å². The van der Waals surface area contributed by atoms with Crippen LogP contribution in [0.3, 0.4) is 0 Å². The van der Waals surface area contributed by atoms with E-state index in [1.807, 2.05) is 0 Å². The number of halogens is 8. The molecular weight excluding hydrogens is 1180 g/mol. The Morgan fingerprint density at radius 3 is 0.692 bits per heavy atom. The molecule has 0 atom stereocenters. The molecule has 0 spiro atoms. The maximum Gasteiger partial charge on any atom is 0.136 e. The van der Waals surface area contributed by atoms with E-state index in [0.29, 0.717) is 13.2 Å². The normalized spacial score (nSPS) is 12.5. The first-order valence-electron chi connectivity index (χ1n) is 17.0. The van der Waals surface area contributed by atoms with Gasteiger partial charge < -0.3 is 9.47 Å². The molecule has 0 N–H and O–H groups in total. The minimum atomic E-state index is 0.609. The van der Waals surface area contributed by atoms with Gasteiger partial charge in [-0.1, -0.05) is 26.7 Å². The van der Waals surface area contributed by atoms with Crippen LogP contribution in [0.1, 0.15) is 39.5 Å². The maximum absolute atomic E-state index is 7.20. The van der Waals surface area contributed by atoms with E-state index in [1.54, 1.807) is 0 Å². The van der Waals surface area contributed by atoms with Crippen LogP contribution in [0, 0.1) is 0 Å². The van der Waals surface area contributed by atoms with E-state index in [2.05, 4.69) is 190 Å². The van der Waals surface area contributed by atoms with Crippen molar-refractivity contribution in [2.24, 2.45) is 0 Å². The SMILES string of the molecule is CCCCOc1c2c(c(OCCCC)c3c1c1c4cc(Br)c(Br)cc4c3c3cc(Br)c(Br)cc31)c1c3cc(Br)c(Br)cc3c2c2cc(Br)c(Br)cc21. The average molecular weight is 1200 g/mol. The zero-order valence-electron chi connectivity index (χ0n) is 27.7. The summed E-state index contributed by atoms with van der Waals surface area (Å²) < 4.78 is 22.5. The Morgan fingerprint density at radius 1 is 0.327 bits per heavy atom. The van der Waals surface area contributed by atoms with Crippen LogP contribution in [0.2, 0.25) is 0 Å². The van der Waals surface area contributed by atoms with Crippen LogP contribution in [-0.2, 0) is 0 Å². The van der Waals surface area contributed by atoms with Crippen molar-refractivity contribution in [3.63, 3.8) is 0 Å². The Bertz CT molecular complexity index is 2440. The summed E-state index contributed by atoms with van der Waals surface area (Å²) in [5, 5.41) is 18.5. The second kappa shape index (κ2) is 13.9. The fourth-order valence-corrected chi connectivity index (χ4v) is 10.8. The van der Waals surface area contributed by atoms with Gasteiger partial charge in [-0.05, 0) is 232 Å². The van der Waals surface area contributed by atoms with Gasteiger partial charge >= 0.3 is 0 Å². The number of hydrogen-bond donors (Lipinski definition) is 0. The van der Waals surface area contributed by atoms with Gasteiger partial charge in [-0.15, -0.1) is 0 Å². The molecular formula is C42H26Br8O2. The van der Waals surface area contributed by atoms with Gasteiger partial charge in [0, 0.05) is 78.9 Å². The van der Waals surface area contributed by atoms with Crippen molar-refractivity contribution in [1.29, 1.82) is 0 Å². The summed E-state index contributed by atoms with van der Waals surface area (Å²) in [5.41, 5.74) is 0. The molecule has 10 heteroatoms. The standard InChI is InChI=1S/C42H26Br8O2/c1-3-5-7-51-41-37-33-17-9-25(43)29(47)13-21(17)35(22-14-30(48)26(44)10-18(22)33)39(37)42(52-8-6-4-2)40-36-23-15-31(49)27(45)11-19(23)34(38(40)41)20-12-28(46)32(50)16-24(20)36/h9-16H,3-8H2,1-2H3. The predicted octanol–water partition coefficient (Wildman–Crippen LogP) is 18.2. The molecule has 0 aliphatic heterocycles. The molecule has 0 fully saturated rings. The van der Waals surface area contributed by atoms with Crippen LogP contribution in [0.15, 0.2) is 84.3 Å². The molecule has 11 rings (SSSR count). The van der Waals surface area contributed by atoms with Gasteiger partial charge in [0.15, 0.2) is 0 Å². The number of ether oxygens (including phenoxy) is 2. The molecule has 11 aromatic carbocycles. The van der Waals surface area contributed by atoms with Crippen LogP contribution in [0.5, 0.6) is 11.5 Å². The van der Waals surface area contributed by atoms with Gasteiger partial charge in [-0.3, -0.25) is 0 Å². The fraction of sp³-hybridized carbons (Fsp3) is 0.190. The average Bonchev–Trinajstić information content (AvgIpc) is 3.11. The first kappa shape index (κ1) is 36.6. The third-order valence-electron chi connectivity index (χ3n) is 10.3. The van der Waals surface area contributed by atoms with Gasteiger partial charge in [0.25, 0.3) is 0 Å². The van der Waals surface area contributed by atoms with Gasteiger partial charge in [-0.2, -0.15) is 0 Å². The fourth-order valence-electron chi connectivity index (χ4n) is 8.08. The summed E-state index contributed by atoms with van der Waals surface area (Å²) in [6, 6.07) is 18.0. The van der Waals surface area contributed by atoms with Crippen LogP contribution >= 0.6 is 127 Å². The monoisotopic (exact) mass is 1190 g/mol. The van der Waals surface area contributed by atoms with E-state index in [9.17, 15) is 0 Å². The smallest absolute Gasteiger partial charge is 0.136 e. The number of hydrogen-bond acceptors (Lipinski definition) is 2. The molecule has 2 nitrogen and oxygen atoms in total. The van der Waals surface area contributed by atoms with Crippen molar-refractivity contribution in [3.05, 3.63) is 84.3 Å². The van der Waals surface area contributed by atoms with Crippen LogP contribution < -0.4 is 9.47 Å². The number of unbranched alkanes of at least 4 members (excludes halogenated alkanes) is 2. The number of rotatable bonds is 8. The second-order valence-electron chi connectivity index (χ2n) is 13.3. The summed E-state index contributed by atoms with van der Waals surface area (Å²) in [5.74, 6) is 1.84. The second-order valence-corrected chi connectivity index (χ2v) is 20.1. The summed E-state index contributed by atoms with van der Waals surface area (Å²) in [4.78, 5) is 0. The molecule has 0 radical (unpaired) electrons. The molecule has 52 heavy (non-hydrogen) atoms. The minimum Gasteiger partial charge on any atom is -0.492 e. The van der Waals surface area contributed by atoms with Gasteiger partial charge in [0.05, 0.1) is 13.2 Å². The maximum atomic E-state index is 7.20. The van der Waals surface area contributed by atoms with Crippen molar-refractivity contribution in [2.45, 2.75) is 39.5 Å². The Labute approximate surface area is 367 Å². The molecule has 0 unspecified atom stereocenters. The van der Waals surface area contributed by atoms with Crippen LogP contribution in [-0.4, -0.2) is 13.2 Å². The highest BCUT2D eigenvalue weighted by atomic mass is 79.9. The Morgan fingerprint density at radius 2 is 0.519 bits per heavy atom. The Kier molecular flexibility index (Phi) is 9.79. The lowest BCUT2D eigenvalue weighted by Gasteiger charge is -2.28. The van der Waals surface area contributed by atoms with E-state index in [0.717, 1.165) is 116 Å². The minimum absolute atomic E-state index is 0.609. The highest BCUT2D eigenvalue weighted by molar-refractivity contribution is 9.14. The highest BCUT2D eigenvalue weighted by Gasteiger charge is 2.32. The van der Waals surface area contributed by atoms with Crippen LogP contribution in [0.4, 0.5) is 0 Å². The van der Waals surface area contributed by atoms with E-state index in [4.69, 9.17) is 9.47 Å². The first-order chi connectivity index (χ1) is 25.0.